The Labute approximate surface area is 192 Å². The van der Waals surface area contributed by atoms with Crippen molar-refractivity contribution in [3.8, 4) is 11.5 Å². The number of rotatable bonds is 7. The number of hydrogen-bond donors (Lipinski definition) is 3. The summed E-state index contributed by atoms with van der Waals surface area (Å²) in [6.07, 6.45) is 1.91. The molecule has 32 heavy (non-hydrogen) atoms. The van der Waals surface area contributed by atoms with E-state index in [0.29, 0.717) is 29.3 Å². The van der Waals surface area contributed by atoms with Gasteiger partial charge in [0.25, 0.3) is 0 Å². The Morgan fingerprint density at radius 1 is 1.19 bits per heavy atom. The molecule has 1 aromatic rings. The zero-order valence-electron chi connectivity index (χ0n) is 20.3. The van der Waals surface area contributed by atoms with Crippen LogP contribution in [0.1, 0.15) is 81.9 Å². The monoisotopic (exact) mass is 448 g/mol. The Hall–Kier alpha value is -1.60. The molecule has 0 saturated carbocycles. The summed E-state index contributed by atoms with van der Waals surface area (Å²) in [5.41, 5.74) is 4.77. The second kappa shape index (κ2) is 10.6. The molecule has 0 amide bonds. The van der Waals surface area contributed by atoms with E-state index in [1.165, 1.54) is 16.7 Å². The Kier molecular flexibility index (Phi) is 8.26. The molecule has 0 spiro atoms. The van der Waals surface area contributed by atoms with Gasteiger partial charge < -0.3 is 29.5 Å². The van der Waals surface area contributed by atoms with E-state index in [4.69, 9.17) is 14.2 Å². The maximum atomic E-state index is 10.3. The summed E-state index contributed by atoms with van der Waals surface area (Å²) in [4.78, 5) is 0. The number of aliphatic hydroxyl groups is 3. The van der Waals surface area contributed by atoms with Crippen molar-refractivity contribution < 1.29 is 29.5 Å². The number of methoxy groups -OCH3 is 1. The number of aryl methyl sites for hydroxylation is 1. The van der Waals surface area contributed by atoms with Gasteiger partial charge >= 0.3 is 0 Å². The fourth-order valence-electron chi connectivity index (χ4n) is 5.13. The van der Waals surface area contributed by atoms with Crippen LogP contribution in [0.2, 0.25) is 0 Å². The van der Waals surface area contributed by atoms with Crippen LogP contribution in [-0.2, 0) is 4.74 Å². The third kappa shape index (κ3) is 5.14. The molecule has 1 saturated heterocycles. The van der Waals surface area contributed by atoms with Crippen LogP contribution in [0.15, 0.2) is 17.7 Å². The number of ether oxygens (including phenoxy) is 3. The third-order valence-corrected chi connectivity index (χ3v) is 7.05. The predicted octanol–water partition coefficient (Wildman–Crippen LogP) is 4.18. The molecule has 1 aliphatic heterocycles. The highest BCUT2D eigenvalue weighted by molar-refractivity contribution is 5.58. The highest BCUT2D eigenvalue weighted by Crippen LogP contribution is 2.51. The molecule has 3 N–H and O–H groups in total. The van der Waals surface area contributed by atoms with Gasteiger partial charge in [0.2, 0.25) is 6.29 Å². The van der Waals surface area contributed by atoms with E-state index < -0.39 is 24.6 Å². The van der Waals surface area contributed by atoms with Gasteiger partial charge in [0.1, 0.15) is 18.3 Å². The average Bonchev–Trinajstić information content (AvgIpc) is 2.74. The van der Waals surface area contributed by atoms with E-state index in [1.54, 1.807) is 7.11 Å². The van der Waals surface area contributed by atoms with Crippen molar-refractivity contribution in [2.24, 2.45) is 5.92 Å². The van der Waals surface area contributed by atoms with Crippen molar-refractivity contribution in [2.75, 3.05) is 13.7 Å². The van der Waals surface area contributed by atoms with Crippen molar-refractivity contribution in [1.82, 2.24) is 0 Å². The van der Waals surface area contributed by atoms with Crippen LogP contribution in [0.5, 0.6) is 11.5 Å². The first kappa shape index (κ1) is 25.0. The molecule has 180 valence electrons. The van der Waals surface area contributed by atoms with Gasteiger partial charge in [-0.25, -0.2) is 0 Å². The van der Waals surface area contributed by atoms with Crippen molar-refractivity contribution in [2.45, 2.75) is 96.7 Å². The Morgan fingerprint density at radius 3 is 2.56 bits per heavy atom. The van der Waals surface area contributed by atoms with E-state index >= 15 is 0 Å². The first-order chi connectivity index (χ1) is 15.1. The van der Waals surface area contributed by atoms with Crippen molar-refractivity contribution >= 4 is 0 Å². The average molecular weight is 449 g/mol. The molecule has 3 rings (SSSR count). The number of hydrogen-bond acceptors (Lipinski definition) is 6. The normalized spacial score (nSPS) is 30.9. The molecule has 6 nitrogen and oxygen atoms in total. The van der Waals surface area contributed by atoms with Gasteiger partial charge in [0.05, 0.1) is 13.7 Å². The molecular formula is C26H40O6. The van der Waals surface area contributed by atoms with E-state index in [0.717, 1.165) is 31.2 Å². The van der Waals surface area contributed by atoms with Crippen LogP contribution in [0, 0.1) is 12.8 Å². The lowest BCUT2D eigenvalue weighted by atomic mass is 9.70. The topological polar surface area (TPSA) is 88.4 Å². The Bertz CT molecular complexity index is 815. The maximum Gasteiger partial charge on any atom is 0.229 e. The molecule has 1 heterocycles. The minimum Gasteiger partial charge on any atom is -0.493 e. The number of aliphatic hydroxyl groups excluding tert-OH is 3. The molecule has 0 unspecified atom stereocenters. The fourth-order valence-corrected chi connectivity index (χ4v) is 5.13. The summed E-state index contributed by atoms with van der Waals surface area (Å²) >= 11 is 0. The lowest BCUT2D eigenvalue weighted by Gasteiger charge is -2.38. The SMILES string of the molecule is COc1c(O[C@H]2OC[C@H](O)[C@@H](O)[C@@H]2O)c(C)cc2c1[C@@H](C)CC[C@@H]2[C@@H](C)CCC=C(C)C. The minimum absolute atomic E-state index is 0.100. The van der Waals surface area contributed by atoms with E-state index in [2.05, 4.69) is 39.8 Å². The van der Waals surface area contributed by atoms with E-state index in [9.17, 15) is 15.3 Å². The number of allylic oxidation sites excluding steroid dienone is 2. The Morgan fingerprint density at radius 2 is 1.91 bits per heavy atom. The Balaban J connectivity index is 1.92. The predicted molar refractivity (Wildman–Crippen MR) is 124 cm³/mol. The summed E-state index contributed by atoms with van der Waals surface area (Å²) in [5, 5.41) is 30.1. The minimum atomic E-state index is -1.35. The highest BCUT2D eigenvalue weighted by Gasteiger charge is 2.40. The highest BCUT2D eigenvalue weighted by atomic mass is 16.7. The van der Waals surface area contributed by atoms with E-state index in [-0.39, 0.29) is 6.61 Å². The van der Waals surface area contributed by atoms with Gasteiger partial charge in [0, 0.05) is 5.56 Å². The van der Waals surface area contributed by atoms with Gasteiger partial charge in [-0.05, 0) is 75.3 Å². The second-order valence-electron chi connectivity index (χ2n) is 9.85. The molecule has 0 radical (unpaired) electrons. The third-order valence-electron chi connectivity index (χ3n) is 7.05. The van der Waals surface area contributed by atoms with Crippen LogP contribution in [-0.4, -0.2) is 53.6 Å². The molecule has 1 aliphatic carbocycles. The van der Waals surface area contributed by atoms with Crippen LogP contribution in [0.3, 0.4) is 0 Å². The molecule has 1 fully saturated rings. The molecular weight excluding hydrogens is 408 g/mol. The van der Waals surface area contributed by atoms with Crippen LogP contribution in [0.25, 0.3) is 0 Å². The molecule has 1 aromatic carbocycles. The molecule has 0 bridgehead atoms. The molecule has 6 heteroatoms. The lowest BCUT2D eigenvalue weighted by Crippen LogP contribution is -2.54. The first-order valence-corrected chi connectivity index (χ1v) is 11.8. The summed E-state index contributed by atoms with van der Waals surface area (Å²) in [6, 6.07) is 2.20. The molecule has 2 aliphatic rings. The molecule has 7 atom stereocenters. The second-order valence-corrected chi connectivity index (χ2v) is 9.85. The van der Waals surface area contributed by atoms with Crippen LogP contribution < -0.4 is 9.47 Å². The summed E-state index contributed by atoms with van der Waals surface area (Å²) in [6.45, 7) is 10.7. The zero-order valence-corrected chi connectivity index (χ0v) is 20.3. The smallest absolute Gasteiger partial charge is 0.229 e. The van der Waals surface area contributed by atoms with Gasteiger partial charge in [-0.2, -0.15) is 0 Å². The first-order valence-electron chi connectivity index (χ1n) is 11.8. The van der Waals surface area contributed by atoms with Gasteiger partial charge in [-0.15, -0.1) is 0 Å². The number of fused-ring (bicyclic) bond motifs is 1. The van der Waals surface area contributed by atoms with Crippen molar-refractivity contribution in [1.29, 1.82) is 0 Å². The maximum absolute atomic E-state index is 10.3. The van der Waals surface area contributed by atoms with Crippen molar-refractivity contribution in [3.05, 3.63) is 34.4 Å². The van der Waals surface area contributed by atoms with Crippen LogP contribution >= 0.6 is 0 Å². The van der Waals surface area contributed by atoms with E-state index in [1.807, 2.05) is 6.92 Å². The number of benzene rings is 1. The van der Waals surface area contributed by atoms with Gasteiger partial charge in [-0.3, -0.25) is 0 Å². The van der Waals surface area contributed by atoms with Gasteiger partial charge in [-0.1, -0.05) is 31.6 Å². The quantitative estimate of drug-likeness (QED) is 0.542. The molecule has 0 aromatic heterocycles. The lowest BCUT2D eigenvalue weighted by molar-refractivity contribution is -0.242. The summed E-state index contributed by atoms with van der Waals surface area (Å²) in [5.74, 6) is 2.55. The van der Waals surface area contributed by atoms with Crippen molar-refractivity contribution in [3.63, 3.8) is 0 Å². The summed E-state index contributed by atoms with van der Waals surface area (Å²) < 4.78 is 17.4. The fraction of sp³-hybridized carbons (Fsp3) is 0.692. The zero-order chi connectivity index (χ0) is 23.6. The van der Waals surface area contributed by atoms with Crippen LogP contribution in [0.4, 0.5) is 0 Å². The van der Waals surface area contributed by atoms with Gasteiger partial charge in [0.15, 0.2) is 11.5 Å². The summed E-state index contributed by atoms with van der Waals surface area (Å²) in [7, 11) is 1.65. The largest absolute Gasteiger partial charge is 0.493 e. The standard InChI is InChI=1S/C26H40O6/c1-14(2)8-7-9-15(3)18-11-10-16(4)21-19(18)12-17(5)24(25(21)30-6)32-26-23(29)22(28)20(27)13-31-26/h8,12,15-16,18,20,22-23,26-29H,7,9-11,13H2,1-6H3/t15-,16-,18+,20-,22+,23-,26+/m0/s1.